The van der Waals surface area contributed by atoms with E-state index in [1.54, 1.807) is 0 Å². The lowest BCUT2D eigenvalue weighted by Gasteiger charge is -2.27. The Bertz CT molecular complexity index is 307. The van der Waals surface area contributed by atoms with Crippen molar-refractivity contribution in [3.63, 3.8) is 0 Å². The van der Waals surface area contributed by atoms with Crippen molar-refractivity contribution >= 4 is 11.9 Å². The van der Waals surface area contributed by atoms with Gasteiger partial charge in [-0.2, -0.15) is 0 Å². The summed E-state index contributed by atoms with van der Waals surface area (Å²) in [4.78, 5) is 23.6. The second-order valence-electron chi connectivity index (χ2n) is 6.47. The molecule has 0 aromatic carbocycles. The van der Waals surface area contributed by atoms with Crippen molar-refractivity contribution in [1.29, 1.82) is 0 Å². The van der Waals surface area contributed by atoms with Crippen LogP contribution in [-0.4, -0.2) is 23.1 Å². The number of hydrogen-bond acceptors (Lipinski definition) is 4. The summed E-state index contributed by atoms with van der Waals surface area (Å²) in [7, 11) is 0. The summed E-state index contributed by atoms with van der Waals surface area (Å²) in [5, 5.41) is 0. The Hall–Kier alpha value is -1.06. The van der Waals surface area contributed by atoms with Crippen LogP contribution in [0.3, 0.4) is 0 Å². The standard InChI is InChI=1S/C18H34O4/c1-7-17(5,8-2)21-15(19)13-11-12-14-16(20)22-18(6,9-3)10-4/h7-14H2,1-6H3. The lowest BCUT2D eigenvalue weighted by atomic mass is 10.00. The molecule has 0 amide bonds. The Morgan fingerprint density at radius 3 is 1.18 bits per heavy atom. The molecule has 0 N–H and O–H groups in total. The zero-order valence-corrected chi connectivity index (χ0v) is 15.3. The van der Waals surface area contributed by atoms with Crippen molar-refractivity contribution in [1.82, 2.24) is 0 Å². The van der Waals surface area contributed by atoms with Crippen molar-refractivity contribution in [2.75, 3.05) is 0 Å². The molecule has 0 spiro atoms. The fourth-order valence-corrected chi connectivity index (χ4v) is 1.98. The number of unbranched alkanes of at least 4 members (excludes halogenated alkanes) is 1. The number of carbonyl (C=O) groups is 2. The second-order valence-corrected chi connectivity index (χ2v) is 6.47. The molecule has 0 aromatic heterocycles. The maximum atomic E-state index is 11.8. The Balaban J connectivity index is 3.98. The van der Waals surface area contributed by atoms with Crippen LogP contribution in [0.5, 0.6) is 0 Å². The summed E-state index contributed by atoms with van der Waals surface area (Å²) in [6.07, 6.45) is 5.30. The van der Waals surface area contributed by atoms with Gasteiger partial charge in [-0.3, -0.25) is 9.59 Å². The van der Waals surface area contributed by atoms with Crippen LogP contribution < -0.4 is 0 Å². The molecule has 0 saturated carbocycles. The molecule has 0 aromatic rings. The molecule has 0 aliphatic rings. The first-order valence-electron chi connectivity index (χ1n) is 8.67. The lowest BCUT2D eigenvalue weighted by Crippen LogP contribution is -2.30. The fraction of sp³-hybridized carbons (Fsp3) is 0.889. The van der Waals surface area contributed by atoms with Gasteiger partial charge in [0.1, 0.15) is 11.2 Å². The molecule has 0 aliphatic heterocycles. The minimum Gasteiger partial charge on any atom is -0.459 e. The Morgan fingerprint density at radius 2 is 0.955 bits per heavy atom. The highest BCUT2D eigenvalue weighted by Crippen LogP contribution is 2.22. The van der Waals surface area contributed by atoms with Gasteiger partial charge in [0.15, 0.2) is 0 Å². The van der Waals surface area contributed by atoms with E-state index < -0.39 is 0 Å². The van der Waals surface area contributed by atoms with E-state index in [4.69, 9.17) is 9.47 Å². The summed E-state index contributed by atoms with van der Waals surface area (Å²) in [5.41, 5.74) is -0.722. The SMILES string of the molecule is CCC(C)(CC)OC(=O)CCCCC(=O)OC(C)(CC)CC. The van der Waals surface area contributed by atoms with E-state index >= 15 is 0 Å². The molecule has 0 atom stereocenters. The van der Waals surface area contributed by atoms with Gasteiger partial charge in [0.05, 0.1) is 0 Å². The molecular formula is C18H34O4. The summed E-state index contributed by atoms with van der Waals surface area (Å²) in [6, 6.07) is 0. The van der Waals surface area contributed by atoms with Gasteiger partial charge in [0.2, 0.25) is 0 Å². The molecule has 4 nitrogen and oxygen atoms in total. The fourth-order valence-electron chi connectivity index (χ4n) is 1.98. The maximum Gasteiger partial charge on any atom is 0.306 e. The van der Waals surface area contributed by atoms with Gasteiger partial charge in [-0.05, 0) is 52.4 Å². The van der Waals surface area contributed by atoms with E-state index in [0.717, 1.165) is 25.7 Å². The molecule has 4 heteroatoms. The van der Waals surface area contributed by atoms with Gasteiger partial charge >= 0.3 is 11.9 Å². The van der Waals surface area contributed by atoms with Crippen molar-refractivity contribution in [3.05, 3.63) is 0 Å². The molecule has 0 aliphatic carbocycles. The number of esters is 2. The Morgan fingerprint density at radius 1 is 0.682 bits per heavy atom. The van der Waals surface area contributed by atoms with Crippen molar-refractivity contribution in [2.45, 2.75) is 104 Å². The highest BCUT2D eigenvalue weighted by atomic mass is 16.6. The van der Waals surface area contributed by atoms with E-state index in [2.05, 4.69) is 0 Å². The van der Waals surface area contributed by atoms with Crippen LogP contribution in [0, 0.1) is 0 Å². The minimum absolute atomic E-state index is 0.175. The first-order valence-corrected chi connectivity index (χ1v) is 8.67. The molecule has 130 valence electrons. The highest BCUT2D eigenvalue weighted by molar-refractivity contribution is 5.71. The quantitative estimate of drug-likeness (QED) is 0.406. The summed E-state index contributed by atoms with van der Waals surface area (Å²) in [6.45, 7) is 12.0. The first kappa shape index (κ1) is 20.9. The largest absolute Gasteiger partial charge is 0.459 e. The van der Waals surface area contributed by atoms with E-state index in [-0.39, 0.29) is 23.1 Å². The minimum atomic E-state index is -0.361. The van der Waals surface area contributed by atoms with Crippen molar-refractivity contribution in [2.24, 2.45) is 0 Å². The Kier molecular flexibility index (Phi) is 9.38. The van der Waals surface area contributed by atoms with E-state index in [0.29, 0.717) is 25.7 Å². The average Bonchev–Trinajstić information content (AvgIpc) is 2.51. The van der Waals surface area contributed by atoms with Gasteiger partial charge < -0.3 is 9.47 Å². The number of rotatable bonds is 11. The molecular weight excluding hydrogens is 280 g/mol. The van der Waals surface area contributed by atoms with E-state index in [1.165, 1.54) is 0 Å². The zero-order valence-electron chi connectivity index (χ0n) is 15.3. The third kappa shape index (κ3) is 7.81. The summed E-state index contributed by atoms with van der Waals surface area (Å²) < 4.78 is 11.0. The van der Waals surface area contributed by atoms with E-state index in [9.17, 15) is 9.59 Å². The average molecular weight is 314 g/mol. The monoisotopic (exact) mass is 314 g/mol. The van der Waals surface area contributed by atoms with Gasteiger partial charge in [-0.15, -0.1) is 0 Å². The molecule has 0 heterocycles. The van der Waals surface area contributed by atoms with Crippen molar-refractivity contribution < 1.29 is 19.1 Å². The number of ether oxygens (including phenoxy) is 2. The second kappa shape index (κ2) is 9.86. The normalized spacial score (nSPS) is 12.1. The van der Waals surface area contributed by atoms with Crippen LogP contribution in [0.15, 0.2) is 0 Å². The van der Waals surface area contributed by atoms with Crippen LogP contribution >= 0.6 is 0 Å². The van der Waals surface area contributed by atoms with Crippen LogP contribution in [0.2, 0.25) is 0 Å². The summed E-state index contributed by atoms with van der Waals surface area (Å²) >= 11 is 0. The zero-order chi connectivity index (χ0) is 17.2. The van der Waals surface area contributed by atoms with Crippen LogP contribution in [0.1, 0.15) is 92.9 Å². The smallest absolute Gasteiger partial charge is 0.306 e. The third-order valence-electron chi connectivity index (χ3n) is 4.72. The van der Waals surface area contributed by atoms with Crippen molar-refractivity contribution in [3.8, 4) is 0 Å². The topological polar surface area (TPSA) is 52.6 Å². The predicted octanol–water partition coefficient (Wildman–Crippen LogP) is 4.79. The first-order chi connectivity index (χ1) is 10.2. The van der Waals surface area contributed by atoms with E-state index in [1.807, 2.05) is 41.5 Å². The molecule has 0 radical (unpaired) electrons. The van der Waals surface area contributed by atoms with Crippen LogP contribution in [-0.2, 0) is 19.1 Å². The summed E-state index contributed by atoms with van der Waals surface area (Å²) in [5.74, 6) is -0.349. The molecule has 0 bridgehead atoms. The molecule has 22 heavy (non-hydrogen) atoms. The van der Waals surface area contributed by atoms with Gasteiger partial charge in [0, 0.05) is 12.8 Å². The van der Waals surface area contributed by atoms with Gasteiger partial charge in [0.25, 0.3) is 0 Å². The highest BCUT2D eigenvalue weighted by Gasteiger charge is 2.25. The number of hydrogen-bond donors (Lipinski definition) is 0. The molecule has 0 saturated heterocycles. The van der Waals surface area contributed by atoms with Crippen LogP contribution in [0.4, 0.5) is 0 Å². The Labute approximate surface area is 135 Å². The third-order valence-corrected chi connectivity index (χ3v) is 4.72. The van der Waals surface area contributed by atoms with Gasteiger partial charge in [-0.1, -0.05) is 27.7 Å². The molecule has 0 fully saturated rings. The lowest BCUT2D eigenvalue weighted by molar-refractivity contribution is -0.161. The molecule has 0 unspecified atom stereocenters. The maximum absolute atomic E-state index is 11.8. The van der Waals surface area contributed by atoms with Gasteiger partial charge in [-0.25, -0.2) is 0 Å². The number of carbonyl (C=O) groups excluding carboxylic acids is 2. The van der Waals surface area contributed by atoms with Crippen LogP contribution in [0.25, 0.3) is 0 Å². The predicted molar refractivity (Wildman–Crippen MR) is 88.6 cm³/mol. The molecule has 0 rings (SSSR count).